The third kappa shape index (κ3) is 4.79. The Morgan fingerprint density at radius 3 is 2.86 bits per heavy atom. The summed E-state index contributed by atoms with van der Waals surface area (Å²) in [6, 6.07) is 2.09. The van der Waals surface area contributed by atoms with E-state index < -0.39 is 0 Å². The van der Waals surface area contributed by atoms with E-state index in [2.05, 4.69) is 52.5 Å². The van der Waals surface area contributed by atoms with Crippen molar-refractivity contribution < 1.29 is 0 Å². The molecule has 2 rings (SSSR count). The van der Waals surface area contributed by atoms with Gasteiger partial charge in [-0.1, -0.05) is 13.8 Å². The molecule has 0 amide bonds. The summed E-state index contributed by atoms with van der Waals surface area (Å²) in [6.07, 6.45) is 3.79. The fraction of sp³-hybridized carbons (Fsp3) is 0.500. The quantitative estimate of drug-likeness (QED) is 0.852. The average molecular weight is 304 g/mol. The van der Waals surface area contributed by atoms with Crippen LogP contribution < -0.4 is 10.2 Å². The molecule has 2 aromatic heterocycles. The van der Waals surface area contributed by atoms with E-state index in [4.69, 9.17) is 0 Å². The first-order chi connectivity index (χ1) is 10.1. The minimum Gasteiger partial charge on any atom is -0.367 e. The molecule has 0 aliphatic heterocycles. The first kappa shape index (κ1) is 15.9. The van der Waals surface area contributed by atoms with E-state index in [9.17, 15) is 0 Å². The van der Waals surface area contributed by atoms with E-state index >= 15 is 0 Å². The van der Waals surface area contributed by atoms with Gasteiger partial charge in [-0.25, -0.2) is 4.98 Å². The maximum Gasteiger partial charge on any atom is 0.0898 e. The van der Waals surface area contributed by atoms with Gasteiger partial charge in [0.05, 0.1) is 29.1 Å². The van der Waals surface area contributed by atoms with Crippen molar-refractivity contribution in [1.29, 1.82) is 0 Å². The van der Waals surface area contributed by atoms with E-state index in [0.717, 1.165) is 30.3 Å². The zero-order valence-electron chi connectivity index (χ0n) is 13.3. The molecule has 0 saturated heterocycles. The molecule has 0 unspecified atom stereocenters. The summed E-state index contributed by atoms with van der Waals surface area (Å²) in [5.74, 6) is 0.658. The van der Waals surface area contributed by atoms with E-state index in [1.54, 1.807) is 11.3 Å². The number of hydrogen-bond donors (Lipinski definition) is 1. The average Bonchev–Trinajstić information content (AvgIpc) is 2.84. The molecular formula is C16H24N4S. The predicted molar refractivity (Wildman–Crippen MR) is 89.7 cm³/mol. The number of pyridine rings is 1. The minimum absolute atomic E-state index is 0.658. The summed E-state index contributed by atoms with van der Waals surface area (Å²) >= 11 is 1.70. The SMILES string of the molecule is Cc1nc(CN(C)c2cnccc2CNCC(C)C)cs1. The number of thiazole rings is 1. The van der Waals surface area contributed by atoms with Crippen molar-refractivity contribution in [2.45, 2.75) is 33.9 Å². The van der Waals surface area contributed by atoms with E-state index in [0.29, 0.717) is 5.92 Å². The van der Waals surface area contributed by atoms with Gasteiger partial charge in [-0.05, 0) is 31.0 Å². The largest absolute Gasteiger partial charge is 0.367 e. The summed E-state index contributed by atoms with van der Waals surface area (Å²) in [4.78, 5) is 11.0. The second-order valence-corrected chi connectivity index (χ2v) is 6.81. The highest BCUT2D eigenvalue weighted by atomic mass is 32.1. The van der Waals surface area contributed by atoms with E-state index in [-0.39, 0.29) is 0 Å². The summed E-state index contributed by atoms with van der Waals surface area (Å²) in [6.45, 7) is 9.19. The van der Waals surface area contributed by atoms with Crippen molar-refractivity contribution in [3.63, 3.8) is 0 Å². The van der Waals surface area contributed by atoms with Crippen LogP contribution in [0.25, 0.3) is 0 Å². The smallest absolute Gasteiger partial charge is 0.0898 e. The molecule has 4 nitrogen and oxygen atoms in total. The molecule has 2 heterocycles. The zero-order valence-corrected chi connectivity index (χ0v) is 14.1. The summed E-state index contributed by atoms with van der Waals surface area (Å²) < 4.78 is 0. The summed E-state index contributed by atoms with van der Waals surface area (Å²) in [5.41, 5.74) is 3.56. The van der Waals surface area contributed by atoms with E-state index in [1.807, 2.05) is 19.3 Å². The Morgan fingerprint density at radius 1 is 1.38 bits per heavy atom. The van der Waals surface area contributed by atoms with Crippen LogP contribution in [0.2, 0.25) is 0 Å². The Morgan fingerprint density at radius 2 is 2.19 bits per heavy atom. The molecule has 2 aromatic rings. The molecule has 0 aliphatic carbocycles. The lowest BCUT2D eigenvalue weighted by atomic mass is 10.2. The van der Waals surface area contributed by atoms with Crippen LogP contribution in [-0.2, 0) is 13.1 Å². The number of rotatable bonds is 7. The lowest BCUT2D eigenvalue weighted by Gasteiger charge is -2.21. The molecule has 0 aliphatic rings. The number of aryl methyl sites for hydroxylation is 1. The van der Waals surface area contributed by atoms with Crippen molar-refractivity contribution in [3.8, 4) is 0 Å². The second-order valence-electron chi connectivity index (χ2n) is 5.74. The van der Waals surface area contributed by atoms with Gasteiger partial charge in [-0.2, -0.15) is 0 Å². The highest BCUT2D eigenvalue weighted by molar-refractivity contribution is 7.09. The molecule has 0 fully saturated rings. The Labute approximate surface area is 131 Å². The highest BCUT2D eigenvalue weighted by Crippen LogP contribution is 2.20. The standard InChI is InChI=1S/C16H24N4S/c1-12(2)7-18-8-14-5-6-17-9-16(14)20(4)10-15-11-21-13(3)19-15/h5-6,9,11-12,18H,7-8,10H2,1-4H3. The van der Waals surface area contributed by atoms with Gasteiger partial charge in [0.15, 0.2) is 0 Å². The number of anilines is 1. The number of nitrogens with zero attached hydrogens (tertiary/aromatic N) is 3. The Balaban J connectivity index is 2.04. The van der Waals surface area contributed by atoms with Crippen molar-refractivity contribution in [2.75, 3.05) is 18.5 Å². The van der Waals surface area contributed by atoms with Crippen LogP contribution in [0.4, 0.5) is 5.69 Å². The predicted octanol–water partition coefficient (Wildman–Crippen LogP) is 3.23. The topological polar surface area (TPSA) is 41.1 Å². The zero-order chi connectivity index (χ0) is 15.2. The molecule has 0 aromatic carbocycles. The molecule has 1 N–H and O–H groups in total. The van der Waals surface area contributed by atoms with Gasteiger partial charge in [0.2, 0.25) is 0 Å². The normalized spacial score (nSPS) is 11.1. The fourth-order valence-electron chi connectivity index (χ4n) is 2.21. The van der Waals surface area contributed by atoms with Gasteiger partial charge in [0.1, 0.15) is 0 Å². The number of nitrogens with one attached hydrogen (secondary N) is 1. The summed E-state index contributed by atoms with van der Waals surface area (Å²) in [7, 11) is 2.09. The molecule has 114 valence electrons. The van der Waals surface area contributed by atoms with Crippen molar-refractivity contribution in [2.24, 2.45) is 5.92 Å². The van der Waals surface area contributed by atoms with Gasteiger partial charge >= 0.3 is 0 Å². The molecule has 0 bridgehead atoms. The van der Waals surface area contributed by atoms with Crippen LogP contribution in [0.3, 0.4) is 0 Å². The van der Waals surface area contributed by atoms with Gasteiger partial charge in [0, 0.05) is 25.2 Å². The van der Waals surface area contributed by atoms with Gasteiger partial charge < -0.3 is 10.2 Å². The number of aromatic nitrogens is 2. The summed E-state index contributed by atoms with van der Waals surface area (Å²) in [5, 5.41) is 6.73. The lowest BCUT2D eigenvalue weighted by molar-refractivity contribution is 0.552. The highest BCUT2D eigenvalue weighted by Gasteiger charge is 2.09. The van der Waals surface area contributed by atoms with Crippen LogP contribution in [0.5, 0.6) is 0 Å². The first-order valence-corrected chi connectivity index (χ1v) is 8.20. The molecule has 0 spiro atoms. The van der Waals surface area contributed by atoms with Crippen molar-refractivity contribution in [3.05, 3.63) is 40.1 Å². The van der Waals surface area contributed by atoms with E-state index in [1.165, 1.54) is 11.3 Å². The fourth-order valence-corrected chi connectivity index (χ4v) is 2.82. The molecular weight excluding hydrogens is 280 g/mol. The van der Waals surface area contributed by atoms with Crippen molar-refractivity contribution in [1.82, 2.24) is 15.3 Å². The maximum absolute atomic E-state index is 4.53. The third-order valence-corrected chi connectivity index (χ3v) is 4.05. The second kappa shape index (κ2) is 7.52. The minimum atomic E-state index is 0.658. The van der Waals surface area contributed by atoms with Gasteiger partial charge in [-0.15, -0.1) is 11.3 Å². The van der Waals surface area contributed by atoms with Crippen LogP contribution in [-0.4, -0.2) is 23.6 Å². The van der Waals surface area contributed by atoms with Crippen LogP contribution >= 0.6 is 11.3 Å². The monoisotopic (exact) mass is 304 g/mol. The van der Waals surface area contributed by atoms with Crippen molar-refractivity contribution >= 4 is 17.0 Å². The van der Waals surface area contributed by atoms with Crippen LogP contribution in [0, 0.1) is 12.8 Å². The van der Waals surface area contributed by atoms with Crippen LogP contribution in [0.1, 0.15) is 30.1 Å². The maximum atomic E-state index is 4.53. The first-order valence-electron chi connectivity index (χ1n) is 7.32. The molecule has 0 radical (unpaired) electrons. The van der Waals surface area contributed by atoms with Gasteiger partial charge in [-0.3, -0.25) is 4.98 Å². The van der Waals surface area contributed by atoms with Crippen LogP contribution in [0.15, 0.2) is 23.8 Å². The lowest BCUT2D eigenvalue weighted by Crippen LogP contribution is -2.23. The molecule has 0 saturated carbocycles. The molecule has 5 heteroatoms. The Hall–Kier alpha value is -1.46. The third-order valence-electron chi connectivity index (χ3n) is 3.23. The Bertz CT molecular complexity index is 565. The molecule has 21 heavy (non-hydrogen) atoms. The number of hydrogen-bond acceptors (Lipinski definition) is 5. The van der Waals surface area contributed by atoms with Gasteiger partial charge in [0.25, 0.3) is 0 Å². The molecule has 0 atom stereocenters. The Kier molecular flexibility index (Phi) is 5.70.